The fourth-order valence-corrected chi connectivity index (χ4v) is 4.62. The minimum Gasteiger partial charge on any atom is -0.475 e. The summed E-state index contributed by atoms with van der Waals surface area (Å²) in [6, 6.07) is 12.3. The Hall–Kier alpha value is -4.43. The molecule has 1 aromatic carbocycles. The Morgan fingerprint density at radius 1 is 1.19 bits per heavy atom. The van der Waals surface area contributed by atoms with E-state index >= 15 is 0 Å². The molecule has 0 unspecified atom stereocenters. The first-order valence-electron chi connectivity index (χ1n) is 11.6. The number of pyridine rings is 2. The van der Waals surface area contributed by atoms with Crippen LogP contribution in [0.25, 0.3) is 10.9 Å². The van der Waals surface area contributed by atoms with Crippen LogP contribution in [0.1, 0.15) is 34.3 Å². The number of carbonyl (C=O) groups is 1. The van der Waals surface area contributed by atoms with Crippen molar-refractivity contribution in [2.24, 2.45) is 7.05 Å². The molecule has 3 aromatic heterocycles. The average Bonchev–Trinajstić information content (AvgIpc) is 3.72. The summed E-state index contributed by atoms with van der Waals surface area (Å²) in [6.45, 7) is 0.636. The molecule has 1 amide bonds. The predicted molar refractivity (Wildman–Crippen MR) is 140 cm³/mol. The average molecular weight is 514 g/mol. The molecule has 10 nitrogen and oxygen atoms in total. The maximum atomic E-state index is 13.1. The van der Waals surface area contributed by atoms with Crippen molar-refractivity contribution >= 4 is 34.6 Å². The number of nitrogens with one attached hydrogen (secondary N) is 2. The monoisotopic (exact) mass is 513 g/mol. The Morgan fingerprint density at radius 3 is 2.70 bits per heavy atom. The lowest BCUT2D eigenvalue weighted by molar-refractivity contribution is 0.0949. The van der Waals surface area contributed by atoms with Crippen LogP contribution in [-0.2, 0) is 13.6 Å². The van der Waals surface area contributed by atoms with E-state index < -0.39 is 11.5 Å². The second-order valence-electron chi connectivity index (χ2n) is 8.73. The number of amides is 1. The van der Waals surface area contributed by atoms with Gasteiger partial charge in [-0.25, -0.2) is 9.97 Å². The number of nitriles is 1. The lowest BCUT2D eigenvalue weighted by Crippen LogP contribution is -2.32. The lowest BCUT2D eigenvalue weighted by atomic mass is 10.1. The summed E-state index contributed by atoms with van der Waals surface area (Å²) < 4.78 is 10.6. The summed E-state index contributed by atoms with van der Waals surface area (Å²) in [5.74, 6) is 0.539. The zero-order valence-electron chi connectivity index (χ0n) is 20.0. The van der Waals surface area contributed by atoms with Crippen LogP contribution in [0.15, 0.2) is 66.0 Å². The van der Waals surface area contributed by atoms with E-state index in [9.17, 15) is 9.59 Å². The molecule has 0 atom stereocenters. The van der Waals surface area contributed by atoms with Crippen LogP contribution >= 0.6 is 11.9 Å². The molecule has 5 rings (SSSR count). The van der Waals surface area contributed by atoms with Crippen LogP contribution in [0.5, 0.6) is 5.88 Å². The van der Waals surface area contributed by atoms with E-state index in [2.05, 4.69) is 31.1 Å². The summed E-state index contributed by atoms with van der Waals surface area (Å²) in [5, 5.41) is 12.4. The van der Waals surface area contributed by atoms with E-state index in [4.69, 9.17) is 10.00 Å². The molecule has 3 heterocycles. The number of carbonyl (C=O) groups excluding carboxylic acids is 1. The van der Waals surface area contributed by atoms with Gasteiger partial charge >= 0.3 is 0 Å². The molecule has 186 valence electrons. The van der Waals surface area contributed by atoms with Gasteiger partial charge in [-0.2, -0.15) is 5.26 Å². The third-order valence-corrected chi connectivity index (χ3v) is 7.36. The van der Waals surface area contributed by atoms with Crippen LogP contribution in [0.3, 0.4) is 0 Å². The fraction of sp³-hybridized carbons (Fsp3) is 0.231. The van der Waals surface area contributed by atoms with Crippen LogP contribution in [-0.4, -0.2) is 36.8 Å². The van der Waals surface area contributed by atoms with E-state index in [-0.39, 0.29) is 16.9 Å². The van der Waals surface area contributed by atoms with Crippen LogP contribution < -0.4 is 20.3 Å². The van der Waals surface area contributed by atoms with E-state index in [1.54, 1.807) is 80.2 Å². The van der Waals surface area contributed by atoms with Gasteiger partial charge in [-0.3, -0.25) is 14.6 Å². The standard InChI is InChI=1S/C26H23N7O3S/c1-33-22-19(12-20(25(33)35)23(34)31-14-18-4-2-17(13-27)3-5-18)6-9-30-24(22)36-16-26(7-8-26)37-32-21-15-28-10-11-29-21/h2-6,9-12,15H,7-8,14,16H2,1H3,(H,29,32)(H,31,34). The SMILES string of the molecule is Cn1c(=O)c(C(=O)NCc2ccc(C#N)cc2)cc2ccnc(OCC3(SNc4cnccn4)CC3)c21. The van der Waals surface area contributed by atoms with Crippen molar-refractivity contribution in [2.75, 3.05) is 11.3 Å². The predicted octanol–water partition coefficient (Wildman–Crippen LogP) is 3.20. The smallest absolute Gasteiger partial charge is 0.263 e. The minimum atomic E-state index is -0.477. The molecule has 1 aliphatic carbocycles. The summed E-state index contributed by atoms with van der Waals surface area (Å²) >= 11 is 1.54. The van der Waals surface area contributed by atoms with Gasteiger partial charge < -0.3 is 19.3 Å². The second kappa shape index (κ2) is 10.3. The van der Waals surface area contributed by atoms with Gasteiger partial charge in [-0.15, -0.1) is 0 Å². The molecule has 4 aromatic rings. The quantitative estimate of drug-likeness (QED) is 0.324. The number of ether oxygens (including phenoxy) is 1. The van der Waals surface area contributed by atoms with Crippen LogP contribution in [0, 0.1) is 11.3 Å². The van der Waals surface area contributed by atoms with Crippen molar-refractivity contribution in [2.45, 2.75) is 24.1 Å². The van der Waals surface area contributed by atoms with Gasteiger partial charge in [0.05, 0.1) is 22.6 Å². The molecule has 0 spiro atoms. The molecule has 1 fully saturated rings. The summed E-state index contributed by atoms with van der Waals surface area (Å²) in [6.07, 6.45) is 8.44. The Kier molecular flexibility index (Phi) is 6.74. The van der Waals surface area contributed by atoms with Gasteiger partial charge in [0.25, 0.3) is 11.5 Å². The number of benzene rings is 1. The first kappa shape index (κ1) is 24.3. The Labute approximate surface area is 216 Å². The third-order valence-electron chi connectivity index (χ3n) is 6.09. The highest BCUT2D eigenvalue weighted by molar-refractivity contribution is 8.02. The Bertz CT molecular complexity index is 1550. The highest BCUT2D eigenvalue weighted by Crippen LogP contribution is 2.48. The molecule has 1 aliphatic rings. The molecular weight excluding hydrogens is 490 g/mol. The van der Waals surface area contributed by atoms with E-state index in [0.717, 1.165) is 18.4 Å². The largest absolute Gasteiger partial charge is 0.475 e. The maximum Gasteiger partial charge on any atom is 0.263 e. The number of aryl methyl sites for hydroxylation is 1. The van der Waals surface area contributed by atoms with E-state index in [1.165, 1.54) is 4.57 Å². The lowest BCUT2D eigenvalue weighted by Gasteiger charge is -2.17. The molecule has 0 radical (unpaired) electrons. The molecule has 37 heavy (non-hydrogen) atoms. The first-order chi connectivity index (χ1) is 18.0. The number of aromatic nitrogens is 4. The zero-order chi connectivity index (χ0) is 25.8. The number of rotatable bonds is 9. The third kappa shape index (κ3) is 5.39. The molecule has 0 bridgehead atoms. The van der Waals surface area contributed by atoms with Gasteiger partial charge in [0, 0.05) is 37.6 Å². The van der Waals surface area contributed by atoms with Gasteiger partial charge in [-0.05, 0) is 54.6 Å². The molecule has 0 aliphatic heterocycles. The second-order valence-corrected chi connectivity index (χ2v) is 10.0. The fourth-order valence-electron chi connectivity index (χ4n) is 3.77. The van der Waals surface area contributed by atoms with Gasteiger partial charge in [0.1, 0.15) is 17.7 Å². The molecular formula is C26H23N7O3S. The van der Waals surface area contributed by atoms with Crippen molar-refractivity contribution in [3.63, 3.8) is 0 Å². The molecule has 11 heteroatoms. The number of anilines is 1. The van der Waals surface area contributed by atoms with E-state index in [1.807, 2.05) is 0 Å². The van der Waals surface area contributed by atoms with Crippen molar-refractivity contribution in [1.82, 2.24) is 24.8 Å². The topological polar surface area (TPSA) is 135 Å². The summed E-state index contributed by atoms with van der Waals surface area (Å²) in [5.41, 5.74) is 1.48. The number of hydrogen-bond donors (Lipinski definition) is 2. The van der Waals surface area contributed by atoms with Crippen LogP contribution in [0.4, 0.5) is 5.82 Å². The minimum absolute atomic E-state index is 0.0307. The zero-order valence-corrected chi connectivity index (χ0v) is 20.8. The highest BCUT2D eigenvalue weighted by Gasteiger charge is 2.45. The van der Waals surface area contributed by atoms with Crippen LogP contribution in [0.2, 0.25) is 0 Å². The van der Waals surface area contributed by atoms with Crippen molar-refractivity contribution < 1.29 is 9.53 Å². The van der Waals surface area contributed by atoms with E-state index in [0.29, 0.717) is 34.8 Å². The van der Waals surface area contributed by atoms with Gasteiger partial charge in [0.2, 0.25) is 5.88 Å². The normalized spacial score (nSPS) is 13.5. The summed E-state index contributed by atoms with van der Waals surface area (Å²) in [7, 11) is 1.61. The highest BCUT2D eigenvalue weighted by atomic mass is 32.2. The molecule has 0 saturated heterocycles. The maximum absolute atomic E-state index is 13.1. The van der Waals surface area contributed by atoms with Crippen molar-refractivity contribution in [3.8, 4) is 11.9 Å². The Balaban J connectivity index is 1.30. The van der Waals surface area contributed by atoms with Crippen molar-refractivity contribution in [3.05, 3.63) is 88.2 Å². The first-order valence-corrected chi connectivity index (χ1v) is 12.4. The van der Waals surface area contributed by atoms with Crippen molar-refractivity contribution in [1.29, 1.82) is 5.26 Å². The Morgan fingerprint density at radius 2 is 2.00 bits per heavy atom. The molecule has 2 N–H and O–H groups in total. The molecule has 1 saturated carbocycles. The summed E-state index contributed by atoms with van der Waals surface area (Å²) in [4.78, 5) is 38.6. The van der Waals surface area contributed by atoms with Gasteiger partial charge in [0.15, 0.2) is 5.82 Å². The number of fused-ring (bicyclic) bond motifs is 1. The number of nitrogens with zero attached hydrogens (tertiary/aromatic N) is 5. The number of hydrogen-bond acceptors (Lipinski definition) is 9. The van der Waals surface area contributed by atoms with Gasteiger partial charge in [-0.1, -0.05) is 12.1 Å².